The van der Waals surface area contributed by atoms with E-state index in [0.29, 0.717) is 24.2 Å². The van der Waals surface area contributed by atoms with Crippen molar-refractivity contribution in [1.82, 2.24) is 20.1 Å². The fourth-order valence-corrected chi connectivity index (χ4v) is 2.31. The van der Waals surface area contributed by atoms with Gasteiger partial charge in [0.25, 0.3) is 5.91 Å². The van der Waals surface area contributed by atoms with E-state index in [4.69, 9.17) is 5.11 Å². The Kier molecular flexibility index (Phi) is 3.20. The van der Waals surface area contributed by atoms with Gasteiger partial charge in [-0.25, -0.2) is 14.5 Å². The van der Waals surface area contributed by atoms with Crippen LogP contribution in [0.3, 0.4) is 0 Å². The predicted molar refractivity (Wildman–Crippen MR) is 77.9 cm³/mol. The van der Waals surface area contributed by atoms with Crippen LogP contribution in [0.15, 0.2) is 24.4 Å². The third kappa shape index (κ3) is 2.45. The summed E-state index contributed by atoms with van der Waals surface area (Å²) >= 11 is 0. The molecule has 2 aromatic heterocycles. The zero-order chi connectivity index (χ0) is 15.9. The maximum absolute atomic E-state index is 12.1. The highest BCUT2D eigenvalue weighted by atomic mass is 16.4. The lowest BCUT2D eigenvalue weighted by Crippen LogP contribution is -2.43. The second kappa shape index (κ2) is 4.94. The summed E-state index contributed by atoms with van der Waals surface area (Å²) in [7, 11) is 0. The first-order chi connectivity index (χ1) is 10.4. The Bertz CT molecular complexity index is 745. The van der Waals surface area contributed by atoms with Gasteiger partial charge in [0.15, 0.2) is 5.82 Å². The van der Waals surface area contributed by atoms with Crippen molar-refractivity contribution in [3.63, 3.8) is 0 Å². The molecule has 0 spiro atoms. The van der Waals surface area contributed by atoms with E-state index < -0.39 is 17.4 Å². The molecular weight excluding hydrogens is 284 g/mol. The highest BCUT2D eigenvalue weighted by Crippen LogP contribution is 2.35. The molecule has 1 aliphatic rings. The fraction of sp³-hybridized carbons (Fsp3) is 0.333. The number of carboxylic acid groups (broad SMARTS) is 1. The van der Waals surface area contributed by atoms with Gasteiger partial charge in [-0.05, 0) is 44.9 Å². The number of pyridine rings is 1. The lowest BCUT2D eigenvalue weighted by atomic mass is 10.2. The Hall–Kier alpha value is -2.70. The minimum atomic E-state index is -1.09. The number of hydrogen-bond acceptors (Lipinski definition) is 4. The average molecular weight is 300 g/mol. The van der Waals surface area contributed by atoms with Gasteiger partial charge in [-0.15, -0.1) is 0 Å². The van der Waals surface area contributed by atoms with Gasteiger partial charge < -0.3 is 10.4 Å². The average Bonchev–Trinajstić information content (AvgIpc) is 3.18. The fourth-order valence-electron chi connectivity index (χ4n) is 2.31. The monoisotopic (exact) mass is 300 g/mol. The summed E-state index contributed by atoms with van der Waals surface area (Å²) in [5.41, 5.74) is 1.08. The molecule has 0 bridgehead atoms. The number of aromatic nitrogens is 3. The largest absolute Gasteiger partial charge is 0.480 e. The minimum absolute atomic E-state index is 0.331. The first-order valence-corrected chi connectivity index (χ1v) is 6.97. The number of aliphatic carboxylic acids is 1. The second-order valence-electron chi connectivity index (χ2n) is 5.59. The Morgan fingerprint density at radius 3 is 2.50 bits per heavy atom. The third-order valence-electron chi connectivity index (χ3n) is 3.75. The van der Waals surface area contributed by atoms with E-state index in [9.17, 15) is 9.59 Å². The van der Waals surface area contributed by atoms with Crippen LogP contribution in [-0.4, -0.2) is 37.3 Å². The molecule has 7 nitrogen and oxygen atoms in total. The molecule has 114 valence electrons. The summed E-state index contributed by atoms with van der Waals surface area (Å²) in [4.78, 5) is 27.4. The number of carbonyl (C=O) groups is 2. The van der Waals surface area contributed by atoms with Crippen LogP contribution in [0, 0.1) is 13.8 Å². The van der Waals surface area contributed by atoms with Crippen LogP contribution in [0.1, 0.15) is 34.6 Å². The SMILES string of the molecule is Cc1cc(C)n(-c2ccc(C(=O)NC3(C(=O)O)CC3)cn2)n1. The zero-order valence-electron chi connectivity index (χ0n) is 12.3. The van der Waals surface area contributed by atoms with E-state index in [1.165, 1.54) is 6.20 Å². The van der Waals surface area contributed by atoms with Crippen molar-refractivity contribution in [2.45, 2.75) is 32.2 Å². The first kappa shape index (κ1) is 14.2. The standard InChI is InChI=1S/C15H16N4O3/c1-9-7-10(2)19(18-9)12-4-3-11(8-16-12)13(20)17-15(5-6-15)14(21)22/h3-4,7-8H,5-6H2,1-2H3,(H,17,20)(H,21,22). The molecule has 7 heteroatoms. The number of amides is 1. The molecule has 0 saturated heterocycles. The molecule has 1 aliphatic carbocycles. The zero-order valence-corrected chi connectivity index (χ0v) is 12.3. The molecule has 1 saturated carbocycles. The van der Waals surface area contributed by atoms with Gasteiger partial charge in [0, 0.05) is 11.9 Å². The molecule has 0 aliphatic heterocycles. The molecule has 1 amide bonds. The number of hydrogen-bond donors (Lipinski definition) is 2. The van der Waals surface area contributed by atoms with E-state index in [1.807, 2.05) is 19.9 Å². The molecule has 2 aromatic rings. The summed E-state index contributed by atoms with van der Waals surface area (Å²) in [5, 5.41) is 16.0. The van der Waals surface area contributed by atoms with Gasteiger partial charge >= 0.3 is 5.97 Å². The molecule has 0 unspecified atom stereocenters. The van der Waals surface area contributed by atoms with Gasteiger partial charge in [0.2, 0.25) is 0 Å². The van der Waals surface area contributed by atoms with Gasteiger partial charge in [-0.3, -0.25) is 4.79 Å². The highest BCUT2D eigenvalue weighted by molar-refractivity contribution is 5.98. The minimum Gasteiger partial charge on any atom is -0.480 e. The topological polar surface area (TPSA) is 97.1 Å². The van der Waals surface area contributed by atoms with Gasteiger partial charge in [0.1, 0.15) is 5.54 Å². The Labute approximate surface area is 127 Å². The Balaban J connectivity index is 1.78. The van der Waals surface area contributed by atoms with Gasteiger partial charge in [0.05, 0.1) is 11.3 Å². The van der Waals surface area contributed by atoms with E-state index in [2.05, 4.69) is 15.4 Å². The van der Waals surface area contributed by atoms with Crippen molar-refractivity contribution < 1.29 is 14.7 Å². The van der Waals surface area contributed by atoms with Gasteiger partial charge in [-0.1, -0.05) is 0 Å². The lowest BCUT2D eigenvalue weighted by Gasteiger charge is -2.12. The van der Waals surface area contributed by atoms with Crippen molar-refractivity contribution in [1.29, 1.82) is 0 Å². The van der Waals surface area contributed by atoms with E-state index >= 15 is 0 Å². The van der Waals surface area contributed by atoms with Crippen LogP contribution in [0.4, 0.5) is 0 Å². The van der Waals surface area contributed by atoms with Crippen LogP contribution in [0.2, 0.25) is 0 Å². The van der Waals surface area contributed by atoms with Crippen molar-refractivity contribution in [3.05, 3.63) is 41.3 Å². The quantitative estimate of drug-likeness (QED) is 0.885. The maximum Gasteiger partial charge on any atom is 0.329 e. The van der Waals surface area contributed by atoms with Crippen molar-refractivity contribution in [2.24, 2.45) is 0 Å². The number of nitrogens with zero attached hydrogens (tertiary/aromatic N) is 3. The maximum atomic E-state index is 12.1. The third-order valence-corrected chi connectivity index (χ3v) is 3.75. The normalized spacial score (nSPS) is 15.4. The molecule has 3 rings (SSSR count). The van der Waals surface area contributed by atoms with Gasteiger partial charge in [-0.2, -0.15) is 5.10 Å². The molecule has 0 atom stereocenters. The van der Waals surface area contributed by atoms with Crippen molar-refractivity contribution in [2.75, 3.05) is 0 Å². The summed E-state index contributed by atoms with van der Waals surface area (Å²) in [6.45, 7) is 3.82. The van der Waals surface area contributed by atoms with Crippen molar-refractivity contribution in [3.8, 4) is 5.82 Å². The molecule has 0 radical (unpaired) electrons. The van der Waals surface area contributed by atoms with Crippen LogP contribution >= 0.6 is 0 Å². The Morgan fingerprint density at radius 1 is 1.32 bits per heavy atom. The molecule has 1 fully saturated rings. The smallest absolute Gasteiger partial charge is 0.329 e. The number of nitrogens with one attached hydrogen (secondary N) is 1. The number of aryl methyl sites for hydroxylation is 2. The number of carbonyl (C=O) groups excluding carboxylic acids is 1. The molecule has 2 N–H and O–H groups in total. The summed E-state index contributed by atoms with van der Waals surface area (Å²) in [6.07, 6.45) is 2.36. The van der Waals surface area contributed by atoms with Crippen LogP contribution in [0.25, 0.3) is 5.82 Å². The number of carboxylic acids is 1. The van der Waals surface area contributed by atoms with E-state index in [-0.39, 0.29) is 0 Å². The van der Waals surface area contributed by atoms with Crippen molar-refractivity contribution >= 4 is 11.9 Å². The molecule has 2 heterocycles. The molecule has 22 heavy (non-hydrogen) atoms. The van der Waals surface area contributed by atoms with Crippen LogP contribution in [0.5, 0.6) is 0 Å². The van der Waals surface area contributed by atoms with Crippen LogP contribution < -0.4 is 5.32 Å². The second-order valence-corrected chi connectivity index (χ2v) is 5.59. The summed E-state index contributed by atoms with van der Waals surface area (Å²) in [6, 6.07) is 5.24. The molecule has 0 aromatic carbocycles. The lowest BCUT2D eigenvalue weighted by molar-refractivity contribution is -0.140. The first-order valence-electron chi connectivity index (χ1n) is 6.97. The molecular formula is C15H16N4O3. The predicted octanol–water partition coefficient (Wildman–Crippen LogP) is 1.23. The van der Waals surface area contributed by atoms with E-state index in [1.54, 1.807) is 16.8 Å². The summed E-state index contributed by atoms with van der Waals surface area (Å²) in [5.74, 6) is -0.804. The Morgan fingerprint density at radius 2 is 2.05 bits per heavy atom. The highest BCUT2D eigenvalue weighted by Gasteiger charge is 2.51. The van der Waals surface area contributed by atoms with Crippen LogP contribution in [-0.2, 0) is 4.79 Å². The van der Waals surface area contributed by atoms with E-state index in [0.717, 1.165) is 11.4 Å². The number of rotatable bonds is 4. The summed E-state index contributed by atoms with van der Waals surface area (Å²) < 4.78 is 1.69.